The molecule has 6 heteroatoms. The van der Waals surface area contributed by atoms with Crippen molar-refractivity contribution >= 4 is 34.8 Å². The van der Waals surface area contributed by atoms with Gasteiger partial charge in [-0.3, -0.25) is 9.59 Å². The molecule has 2 aromatic rings. The van der Waals surface area contributed by atoms with Gasteiger partial charge in [-0.15, -0.1) is 11.3 Å². The van der Waals surface area contributed by atoms with E-state index in [1.165, 1.54) is 11.3 Å². The van der Waals surface area contributed by atoms with Crippen molar-refractivity contribution in [2.45, 2.75) is 26.2 Å². The number of thiophene rings is 1. The van der Waals surface area contributed by atoms with E-state index in [0.29, 0.717) is 18.1 Å². The molecule has 4 rings (SSSR count). The smallest absolute Gasteiger partial charge is 0.307 e. The number of aryl methyl sites for hydroxylation is 1. The Kier molecular flexibility index (Phi) is 4.32. The maximum atomic E-state index is 12.9. The van der Waals surface area contributed by atoms with Gasteiger partial charge in [0.25, 0.3) is 5.91 Å². The lowest BCUT2D eigenvalue weighted by Gasteiger charge is -2.32. The predicted octanol–water partition coefficient (Wildman–Crippen LogP) is 4.70. The Labute approximate surface area is 161 Å². The average molecular weight is 390 g/mol. The fourth-order valence-corrected chi connectivity index (χ4v) is 5.39. The maximum absolute atomic E-state index is 12.9. The molecule has 1 aliphatic heterocycles. The molecule has 26 heavy (non-hydrogen) atoms. The van der Waals surface area contributed by atoms with E-state index in [1.807, 2.05) is 42.2 Å². The molecular formula is C20H20ClNO3S. The van der Waals surface area contributed by atoms with Gasteiger partial charge in [0.05, 0.1) is 10.8 Å². The first-order valence-electron chi connectivity index (χ1n) is 8.78. The lowest BCUT2D eigenvalue weighted by Crippen LogP contribution is -2.39. The van der Waals surface area contributed by atoms with Gasteiger partial charge in [0, 0.05) is 23.0 Å². The monoisotopic (exact) mass is 389 g/mol. The van der Waals surface area contributed by atoms with Gasteiger partial charge in [-0.25, -0.2) is 0 Å². The van der Waals surface area contributed by atoms with Gasteiger partial charge in [-0.2, -0.15) is 0 Å². The highest BCUT2D eigenvalue weighted by atomic mass is 35.5. The van der Waals surface area contributed by atoms with Gasteiger partial charge in [0.1, 0.15) is 0 Å². The second-order valence-corrected chi connectivity index (χ2v) is 8.87. The highest BCUT2D eigenvalue weighted by molar-refractivity contribution is 7.17. The molecule has 1 amide bonds. The van der Waals surface area contributed by atoms with Crippen molar-refractivity contribution in [3.63, 3.8) is 0 Å². The molecule has 1 aliphatic carbocycles. The van der Waals surface area contributed by atoms with Gasteiger partial charge in [-0.1, -0.05) is 23.7 Å². The van der Waals surface area contributed by atoms with Gasteiger partial charge >= 0.3 is 5.97 Å². The number of benzene rings is 1. The fourth-order valence-electron chi connectivity index (χ4n) is 4.06. The third-order valence-electron chi connectivity index (χ3n) is 5.75. The van der Waals surface area contributed by atoms with E-state index in [9.17, 15) is 14.7 Å². The topological polar surface area (TPSA) is 57.6 Å². The number of carboxylic acid groups (broad SMARTS) is 1. The molecular weight excluding hydrogens is 370 g/mol. The Morgan fingerprint density at radius 2 is 2.00 bits per heavy atom. The molecule has 0 radical (unpaired) electrons. The number of hydrogen-bond donors (Lipinski definition) is 1. The van der Waals surface area contributed by atoms with Crippen LogP contribution in [0.15, 0.2) is 30.3 Å². The Morgan fingerprint density at radius 3 is 2.62 bits per heavy atom. The number of carboxylic acids is 1. The van der Waals surface area contributed by atoms with Crippen molar-refractivity contribution in [1.29, 1.82) is 0 Å². The van der Waals surface area contributed by atoms with Crippen LogP contribution in [-0.4, -0.2) is 35.0 Å². The summed E-state index contributed by atoms with van der Waals surface area (Å²) in [5, 5.41) is 9.88. The van der Waals surface area contributed by atoms with Crippen LogP contribution >= 0.6 is 22.9 Å². The number of rotatable bonds is 3. The molecule has 136 valence electrons. The van der Waals surface area contributed by atoms with E-state index in [0.717, 1.165) is 40.1 Å². The lowest BCUT2D eigenvalue weighted by atomic mass is 9.91. The van der Waals surface area contributed by atoms with Gasteiger partial charge in [-0.05, 0) is 60.9 Å². The highest BCUT2D eigenvalue weighted by Crippen LogP contribution is 2.59. The summed E-state index contributed by atoms with van der Waals surface area (Å²) in [4.78, 5) is 27.8. The number of carbonyl (C=O) groups is 2. The molecule has 1 spiro atoms. The summed E-state index contributed by atoms with van der Waals surface area (Å²) >= 11 is 7.59. The number of amides is 1. The van der Waals surface area contributed by atoms with E-state index < -0.39 is 5.97 Å². The normalized spacial score (nSPS) is 21.0. The second kappa shape index (κ2) is 6.39. The molecule has 1 aromatic carbocycles. The van der Waals surface area contributed by atoms with Crippen LogP contribution in [0.5, 0.6) is 0 Å². The third-order valence-corrected chi connectivity index (χ3v) is 7.26. The second-order valence-electron chi connectivity index (χ2n) is 7.38. The minimum absolute atomic E-state index is 0.0498. The first kappa shape index (κ1) is 17.6. The zero-order valence-electron chi connectivity index (χ0n) is 14.5. The Morgan fingerprint density at radius 1 is 1.27 bits per heavy atom. The van der Waals surface area contributed by atoms with E-state index in [-0.39, 0.29) is 17.2 Å². The SMILES string of the molecule is Cc1cc(C(=O)N2CCC3(CC2)CC3C(=O)O)sc1-c1cccc(Cl)c1. The van der Waals surface area contributed by atoms with Crippen molar-refractivity contribution in [2.24, 2.45) is 11.3 Å². The Hall–Kier alpha value is -1.85. The van der Waals surface area contributed by atoms with Gasteiger partial charge in [0.2, 0.25) is 0 Å². The van der Waals surface area contributed by atoms with Crippen LogP contribution in [0.4, 0.5) is 0 Å². The van der Waals surface area contributed by atoms with E-state index >= 15 is 0 Å². The van der Waals surface area contributed by atoms with Crippen LogP contribution in [-0.2, 0) is 4.79 Å². The molecule has 1 saturated carbocycles. The van der Waals surface area contributed by atoms with E-state index in [1.54, 1.807) is 0 Å². The molecule has 2 fully saturated rings. The zero-order valence-corrected chi connectivity index (χ0v) is 16.1. The molecule has 2 heterocycles. The minimum atomic E-state index is -0.690. The number of halogens is 1. The lowest BCUT2D eigenvalue weighted by molar-refractivity contribution is -0.139. The predicted molar refractivity (Wildman–Crippen MR) is 103 cm³/mol. The zero-order chi connectivity index (χ0) is 18.5. The van der Waals surface area contributed by atoms with Crippen LogP contribution < -0.4 is 0 Å². The summed E-state index contributed by atoms with van der Waals surface area (Å²) in [5.41, 5.74) is 2.04. The Balaban J connectivity index is 1.48. The minimum Gasteiger partial charge on any atom is -0.481 e. The largest absolute Gasteiger partial charge is 0.481 e. The summed E-state index contributed by atoms with van der Waals surface area (Å²) in [7, 11) is 0. The summed E-state index contributed by atoms with van der Waals surface area (Å²) < 4.78 is 0. The molecule has 0 bridgehead atoms. The Bertz CT molecular complexity index is 883. The molecule has 1 unspecified atom stereocenters. The van der Waals surface area contributed by atoms with Crippen LogP contribution in [0, 0.1) is 18.3 Å². The van der Waals surface area contributed by atoms with Crippen LogP contribution in [0.3, 0.4) is 0 Å². The molecule has 2 aliphatic rings. The highest BCUT2D eigenvalue weighted by Gasteiger charge is 2.59. The number of hydrogen-bond acceptors (Lipinski definition) is 3. The first-order valence-corrected chi connectivity index (χ1v) is 9.97. The van der Waals surface area contributed by atoms with Crippen molar-refractivity contribution in [2.75, 3.05) is 13.1 Å². The molecule has 1 saturated heterocycles. The number of likely N-dealkylation sites (tertiary alicyclic amines) is 1. The van der Waals surface area contributed by atoms with Gasteiger partial charge in [0.15, 0.2) is 0 Å². The number of nitrogens with zero attached hydrogens (tertiary/aromatic N) is 1. The van der Waals surface area contributed by atoms with Crippen LogP contribution in [0.25, 0.3) is 10.4 Å². The standard InChI is InChI=1S/C20H20ClNO3S/c1-12-9-16(26-17(12)13-3-2-4-14(21)10-13)18(23)22-7-5-20(6-8-22)11-15(20)19(24)25/h2-4,9-10,15H,5-8,11H2,1H3,(H,24,25). The fraction of sp³-hybridized carbons (Fsp3) is 0.400. The summed E-state index contributed by atoms with van der Waals surface area (Å²) in [6, 6.07) is 9.62. The number of aliphatic carboxylic acids is 1. The molecule has 1 aromatic heterocycles. The van der Waals surface area contributed by atoms with Crippen molar-refractivity contribution in [3.05, 3.63) is 45.8 Å². The molecule has 4 nitrogen and oxygen atoms in total. The number of piperidine rings is 1. The van der Waals surface area contributed by atoms with Gasteiger partial charge < -0.3 is 10.0 Å². The summed E-state index contributed by atoms with van der Waals surface area (Å²) in [6.07, 6.45) is 2.35. The van der Waals surface area contributed by atoms with Crippen molar-refractivity contribution < 1.29 is 14.7 Å². The van der Waals surface area contributed by atoms with Crippen molar-refractivity contribution in [1.82, 2.24) is 4.90 Å². The maximum Gasteiger partial charge on any atom is 0.307 e. The van der Waals surface area contributed by atoms with E-state index in [4.69, 9.17) is 11.6 Å². The quantitative estimate of drug-likeness (QED) is 0.827. The average Bonchev–Trinajstić information content (AvgIpc) is 3.17. The molecule has 1 N–H and O–H groups in total. The first-order chi connectivity index (χ1) is 12.4. The molecule has 1 atom stereocenters. The van der Waals surface area contributed by atoms with Crippen LogP contribution in [0.2, 0.25) is 5.02 Å². The third kappa shape index (κ3) is 3.03. The van der Waals surface area contributed by atoms with E-state index in [2.05, 4.69) is 0 Å². The summed E-state index contributed by atoms with van der Waals surface area (Å²) in [6.45, 7) is 3.30. The van der Waals surface area contributed by atoms with Crippen LogP contribution in [0.1, 0.15) is 34.5 Å². The number of carbonyl (C=O) groups excluding carboxylic acids is 1. The summed E-state index contributed by atoms with van der Waals surface area (Å²) in [5.74, 6) is -0.850. The van der Waals surface area contributed by atoms with Crippen molar-refractivity contribution in [3.8, 4) is 10.4 Å².